The Balaban J connectivity index is 1.58. The van der Waals surface area contributed by atoms with Crippen molar-refractivity contribution < 1.29 is 0 Å². The van der Waals surface area contributed by atoms with Gasteiger partial charge in [-0.1, -0.05) is 0 Å². The minimum atomic E-state index is 0.795. The second kappa shape index (κ2) is 5.76. The summed E-state index contributed by atoms with van der Waals surface area (Å²) in [6.45, 7) is 4.52. The third-order valence-electron chi connectivity index (χ3n) is 3.98. The predicted octanol–water partition coefficient (Wildman–Crippen LogP) is 1.44. The van der Waals surface area contributed by atoms with Crippen molar-refractivity contribution in [1.29, 1.82) is 0 Å². The maximum atomic E-state index is 4.36. The summed E-state index contributed by atoms with van der Waals surface area (Å²) < 4.78 is 0. The third-order valence-corrected chi connectivity index (χ3v) is 3.98. The van der Waals surface area contributed by atoms with Crippen LogP contribution in [0.2, 0.25) is 0 Å². The molecule has 1 aromatic heterocycles. The van der Waals surface area contributed by atoms with Gasteiger partial charge in [0.15, 0.2) is 0 Å². The van der Waals surface area contributed by atoms with Crippen molar-refractivity contribution >= 4 is 0 Å². The Morgan fingerprint density at radius 3 is 2.50 bits per heavy atom. The van der Waals surface area contributed by atoms with Crippen molar-refractivity contribution in [3.8, 4) is 0 Å². The molecule has 1 saturated carbocycles. The summed E-state index contributed by atoms with van der Waals surface area (Å²) in [5.41, 5.74) is 0. The first-order valence-corrected chi connectivity index (χ1v) is 7.12. The lowest BCUT2D eigenvalue weighted by atomic mass is 9.97. The summed E-state index contributed by atoms with van der Waals surface area (Å²) in [6.07, 6.45) is 9.04. The van der Waals surface area contributed by atoms with E-state index in [4.69, 9.17) is 0 Å². The summed E-state index contributed by atoms with van der Waals surface area (Å²) >= 11 is 0. The summed E-state index contributed by atoms with van der Waals surface area (Å²) in [5.74, 6) is 1.83. The first-order chi connectivity index (χ1) is 8.92. The maximum absolute atomic E-state index is 4.36. The van der Waals surface area contributed by atoms with Gasteiger partial charge in [0.1, 0.15) is 5.82 Å². The fraction of sp³-hybridized carbons (Fsp3) is 0.714. The zero-order valence-corrected chi connectivity index (χ0v) is 10.9. The molecule has 0 bridgehead atoms. The van der Waals surface area contributed by atoms with Gasteiger partial charge in [-0.05, 0) is 50.8 Å². The lowest BCUT2D eigenvalue weighted by Crippen LogP contribution is -2.37. The van der Waals surface area contributed by atoms with Gasteiger partial charge in [-0.3, -0.25) is 4.90 Å². The minimum absolute atomic E-state index is 0.795. The normalized spacial score (nSPS) is 21.4. The molecule has 1 aromatic rings. The highest BCUT2D eigenvalue weighted by Gasteiger charge is 2.31. The van der Waals surface area contributed by atoms with Gasteiger partial charge in [0, 0.05) is 25.0 Å². The van der Waals surface area contributed by atoms with Crippen molar-refractivity contribution in [2.75, 3.05) is 19.6 Å². The highest BCUT2D eigenvalue weighted by Crippen LogP contribution is 2.29. The third kappa shape index (κ3) is 3.27. The van der Waals surface area contributed by atoms with Gasteiger partial charge in [0.2, 0.25) is 0 Å². The highest BCUT2D eigenvalue weighted by atomic mass is 15.2. The van der Waals surface area contributed by atoms with Crippen LogP contribution in [0.3, 0.4) is 0 Å². The molecule has 0 atom stereocenters. The molecule has 1 saturated heterocycles. The Kier molecular flexibility index (Phi) is 3.86. The number of nitrogens with zero attached hydrogens (tertiary/aromatic N) is 3. The van der Waals surface area contributed by atoms with E-state index in [0.29, 0.717) is 0 Å². The lowest BCUT2D eigenvalue weighted by molar-refractivity contribution is 0.186. The molecular weight excluding hydrogens is 224 g/mol. The fourth-order valence-electron chi connectivity index (χ4n) is 2.77. The molecule has 4 heteroatoms. The standard InChI is InChI=1S/C14H22N4/c1-6-16-14(17-7-1)11-18(13-2-3-13)10-12-4-8-15-9-5-12/h1,6-7,12-13,15H,2-5,8-11H2. The van der Waals surface area contributed by atoms with Crippen LogP contribution in [-0.4, -0.2) is 40.5 Å². The van der Waals surface area contributed by atoms with Crippen LogP contribution >= 0.6 is 0 Å². The fourth-order valence-corrected chi connectivity index (χ4v) is 2.77. The Bertz CT molecular complexity index is 357. The molecule has 1 aliphatic carbocycles. The maximum Gasteiger partial charge on any atom is 0.142 e. The zero-order chi connectivity index (χ0) is 12.2. The van der Waals surface area contributed by atoms with Gasteiger partial charge in [0.25, 0.3) is 0 Å². The first-order valence-electron chi connectivity index (χ1n) is 7.12. The smallest absolute Gasteiger partial charge is 0.142 e. The molecule has 2 fully saturated rings. The van der Waals surface area contributed by atoms with Gasteiger partial charge in [0.05, 0.1) is 6.54 Å². The van der Waals surface area contributed by atoms with Gasteiger partial charge < -0.3 is 5.32 Å². The molecule has 0 unspecified atom stereocenters. The summed E-state index contributed by atoms with van der Waals surface area (Å²) in [4.78, 5) is 11.3. The van der Waals surface area contributed by atoms with Crippen molar-refractivity contribution in [2.24, 2.45) is 5.92 Å². The molecule has 3 rings (SSSR count). The molecule has 2 heterocycles. The van der Waals surface area contributed by atoms with Gasteiger partial charge >= 0.3 is 0 Å². The average molecular weight is 246 g/mol. The molecule has 2 aliphatic rings. The zero-order valence-electron chi connectivity index (χ0n) is 10.9. The van der Waals surface area contributed by atoms with E-state index in [1.165, 1.54) is 45.3 Å². The Hall–Kier alpha value is -1.00. The van der Waals surface area contributed by atoms with E-state index in [9.17, 15) is 0 Å². The molecule has 0 spiro atoms. The number of piperidine rings is 1. The van der Waals surface area contributed by atoms with Crippen molar-refractivity contribution in [1.82, 2.24) is 20.2 Å². The van der Waals surface area contributed by atoms with Crippen LogP contribution in [0.15, 0.2) is 18.5 Å². The van der Waals surface area contributed by atoms with Crippen LogP contribution in [0.1, 0.15) is 31.5 Å². The molecule has 0 aromatic carbocycles. The van der Waals surface area contributed by atoms with E-state index >= 15 is 0 Å². The lowest BCUT2D eigenvalue weighted by Gasteiger charge is -2.29. The average Bonchev–Trinajstić information content (AvgIpc) is 3.25. The Morgan fingerprint density at radius 2 is 1.83 bits per heavy atom. The van der Waals surface area contributed by atoms with Crippen molar-refractivity contribution in [3.63, 3.8) is 0 Å². The molecule has 4 nitrogen and oxygen atoms in total. The summed E-state index contributed by atoms with van der Waals surface area (Å²) in [5, 5.41) is 3.44. The molecule has 0 radical (unpaired) electrons. The molecular formula is C14H22N4. The summed E-state index contributed by atoms with van der Waals surface area (Å²) in [7, 11) is 0. The van der Waals surface area contributed by atoms with E-state index < -0.39 is 0 Å². The van der Waals surface area contributed by atoms with E-state index in [2.05, 4.69) is 20.2 Å². The first kappa shape index (κ1) is 12.1. The second-order valence-electron chi connectivity index (χ2n) is 5.52. The van der Waals surface area contributed by atoms with Gasteiger partial charge in [-0.15, -0.1) is 0 Å². The van der Waals surface area contributed by atoms with E-state index in [0.717, 1.165) is 24.3 Å². The Labute approximate surface area is 109 Å². The predicted molar refractivity (Wildman–Crippen MR) is 71.1 cm³/mol. The van der Waals surface area contributed by atoms with Gasteiger partial charge in [-0.2, -0.15) is 0 Å². The summed E-state index contributed by atoms with van der Waals surface area (Å²) in [6, 6.07) is 2.68. The number of aromatic nitrogens is 2. The topological polar surface area (TPSA) is 41.1 Å². The molecule has 18 heavy (non-hydrogen) atoms. The molecule has 1 aliphatic heterocycles. The van der Waals surface area contributed by atoms with Gasteiger partial charge in [-0.25, -0.2) is 9.97 Å². The van der Waals surface area contributed by atoms with Crippen LogP contribution in [0.25, 0.3) is 0 Å². The largest absolute Gasteiger partial charge is 0.317 e. The van der Waals surface area contributed by atoms with Crippen LogP contribution in [0.5, 0.6) is 0 Å². The van der Waals surface area contributed by atoms with Crippen LogP contribution in [0, 0.1) is 5.92 Å². The quantitative estimate of drug-likeness (QED) is 0.853. The molecule has 0 amide bonds. The number of nitrogens with one attached hydrogen (secondary N) is 1. The highest BCUT2D eigenvalue weighted by molar-refractivity contribution is 4.93. The number of rotatable bonds is 5. The van der Waals surface area contributed by atoms with Crippen LogP contribution in [0.4, 0.5) is 0 Å². The van der Waals surface area contributed by atoms with Crippen molar-refractivity contribution in [3.05, 3.63) is 24.3 Å². The number of hydrogen-bond donors (Lipinski definition) is 1. The molecule has 98 valence electrons. The monoisotopic (exact) mass is 246 g/mol. The van der Waals surface area contributed by atoms with E-state index in [1.807, 2.05) is 18.5 Å². The van der Waals surface area contributed by atoms with E-state index in [1.54, 1.807) is 0 Å². The minimum Gasteiger partial charge on any atom is -0.317 e. The van der Waals surface area contributed by atoms with Crippen LogP contribution in [-0.2, 0) is 6.54 Å². The van der Waals surface area contributed by atoms with Crippen LogP contribution < -0.4 is 5.32 Å². The van der Waals surface area contributed by atoms with Crippen molar-refractivity contribution in [2.45, 2.75) is 38.3 Å². The Morgan fingerprint density at radius 1 is 1.11 bits per heavy atom. The second-order valence-corrected chi connectivity index (χ2v) is 5.52. The number of hydrogen-bond acceptors (Lipinski definition) is 4. The molecule has 1 N–H and O–H groups in total. The van der Waals surface area contributed by atoms with E-state index in [-0.39, 0.29) is 0 Å². The SMILES string of the molecule is c1cnc(CN(CC2CCNCC2)C2CC2)nc1.